The average molecular weight is 275 g/mol. The summed E-state index contributed by atoms with van der Waals surface area (Å²) < 4.78 is 6.83. The van der Waals surface area contributed by atoms with Gasteiger partial charge in [-0.1, -0.05) is 0 Å². The maximum absolute atomic E-state index is 12.2. The highest BCUT2D eigenvalue weighted by atomic mass is 16.5. The Morgan fingerprint density at radius 2 is 2.15 bits per heavy atom. The molecule has 0 atom stereocenters. The first-order chi connectivity index (χ1) is 9.84. The van der Waals surface area contributed by atoms with Crippen LogP contribution in [0.1, 0.15) is 10.5 Å². The van der Waals surface area contributed by atoms with Crippen LogP contribution in [-0.4, -0.2) is 64.8 Å². The summed E-state index contributed by atoms with van der Waals surface area (Å²) in [4.78, 5) is 18.6. The minimum absolute atomic E-state index is 0.130. The molecule has 1 aliphatic rings. The Labute approximate surface area is 116 Å². The number of fused-ring (bicyclic) bond motifs is 1. The van der Waals surface area contributed by atoms with Crippen molar-refractivity contribution in [2.45, 2.75) is 0 Å². The van der Waals surface area contributed by atoms with E-state index in [1.54, 1.807) is 29.0 Å². The second kappa shape index (κ2) is 5.98. The van der Waals surface area contributed by atoms with E-state index in [1.165, 1.54) is 0 Å². The van der Waals surface area contributed by atoms with Crippen molar-refractivity contribution in [3.63, 3.8) is 0 Å². The Bertz CT molecular complexity index is 591. The van der Waals surface area contributed by atoms with Crippen LogP contribution >= 0.6 is 0 Å². The summed E-state index contributed by atoms with van der Waals surface area (Å²) in [5, 5.41) is 7.02. The summed E-state index contributed by atoms with van der Waals surface area (Å²) in [6, 6.07) is 3.44. The molecule has 3 heterocycles. The van der Waals surface area contributed by atoms with E-state index in [1.807, 2.05) is 0 Å². The van der Waals surface area contributed by atoms with E-state index < -0.39 is 0 Å². The molecule has 1 fully saturated rings. The normalized spacial score (nSPS) is 16.4. The number of morpholine rings is 1. The highest BCUT2D eigenvalue weighted by Gasteiger charge is 2.13. The molecule has 3 rings (SSSR count). The molecule has 0 aromatic carbocycles. The molecule has 1 N–H and O–H groups in total. The van der Waals surface area contributed by atoms with Crippen molar-refractivity contribution in [1.82, 2.24) is 24.8 Å². The van der Waals surface area contributed by atoms with Gasteiger partial charge in [-0.05, 0) is 6.07 Å². The number of hydrogen-bond donors (Lipinski definition) is 1. The van der Waals surface area contributed by atoms with Crippen LogP contribution in [0, 0.1) is 0 Å². The highest BCUT2D eigenvalue weighted by Crippen LogP contribution is 2.03. The van der Waals surface area contributed by atoms with Gasteiger partial charge in [-0.3, -0.25) is 9.69 Å². The van der Waals surface area contributed by atoms with E-state index in [0.29, 0.717) is 17.9 Å². The van der Waals surface area contributed by atoms with Gasteiger partial charge < -0.3 is 10.1 Å². The Kier molecular flexibility index (Phi) is 3.89. The second-order valence-corrected chi connectivity index (χ2v) is 4.64. The first-order valence-electron chi connectivity index (χ1n) is 6.71. The molecule has 1 amide bonds. The van der Waals surface area contributed by atoms with Crippen molar-refractivity contribution < 1.29 is 9.53 Å². The number of nitrogens with one attached hydrogen (secondary N) is 1. The SMILES string of the molecule is O=C(NCCN1CCOCC1)c1ccnc2ccnn12. The van der Waals surface area contributed by atoms with Gasteiger partial charge in [0.2, 0.25) is 0 Å². The molecule has 20 heavy (non-hydrogen) atoms. The Morgan fingerprint density at radius 1 is 1.30 bits per heavy atom. The van der Waals surface area contributed by atoms with Crippen LogP contribution < -0.4 is 5.32 Å². The van der Waals surface area contributed by atoms with Crippen molar-refractivity contribution in [2.75, 3.05) is 39.4 Å². The smallest absolute Gasteiger partial charge is 0.270 e. The molecule has 2 aromatic rings. The molecule has 0 radical (unpaired) electrons. The fourth-order valence-electron chi connectivity index (χ4n) is 2.25. The molecule has 0 bridgehead atoms. The van der Waals surface area contributed by atoms with Gasteiger partial charge in [0.25, 0.3) is 5.91 Å². The summed E-state index contributed by atoms with van der Waals surface area (Å²) in [5.74, 6) is -0.130. The molecule has 1 saturated heterocycles. The van der Waals surface area contributed by atoms with E-state index in [2.05, 4.69) is 20.3 Å². The fourth-order valence-corrected chi connectivity index (χ4v) is 2.25. The van der Waals surface area contributed by atoms with Gasteiger partial charge in [0.1, 0.15) is 5.69 Å². The third kappa shape index (κ3) is 2.78. The van der Waals surface area contributed by atoms with Gasteiger partial charge >= 0.3 is 0 Å². The average Bonchev–Trinajstić information content (AvgIpc) is 2.96. The lowest BCUT2D eigenvalue weighted by Crippen LogP contribution is -2.41. The van der Waals surface area contributed by atoms with Gasteiger partial charge in [-0.25, -0.2) is 9.50 Å². The van der Waals surface area contributed by atoms with Gasteiger partial charge in [-0.15, -0.1) is 0 Å². The fraction of sp³-hybridized carbons (Fsp3) is 0.462. The number of nitrogens with zero attached hydrogens (tertiary/aromatic N) is 4. The quantitative estimate of drug-likeness (QED) is 0.836. The first-order valence-corrected chi connectivity index (χ1v) is 6.71. The predicted molar refractivity (Wildman–Crippen MR) is 72.6 cm³/mol. The zero-order valence-electron chi connectivity index (χ0n) is 11.2. The molecule has 0 aliphatic carbocycles. The summed E-state index contributed by atoms with van der Waals surface area (Å²) in [5.41, 5.74) is 1.17. The Hall–Kier alpha value is -1.99. The van der Waals surface area contributed by atoms with Gasteiger partial charge in [0, 0.05) is 38.4 Å². The van der Waals surface area contributed by atoms with Gasteiger partial charge in [0.05, 0.1) is 19.4 Å². The second-order valence-electron chi connectivity index (χ2n) is 4.64. The number of rotatable bonds is 4. The van der Waals surface area contributed by atoms with Gasteiger partial charge in [0.15, 0.2) is 5.65 Å². The minimum Gasteiger partial charge on any atom is -0.379 e. The Balaban J connectivity index is 1.57. The van der Waals surface area contributed by atoms with Crippen LogP contribution in [0.4, 0.5) is 0 Å². The zero-order chi connectivity index (χ0) is 13.8. The topological polar surface area (TPSA) is 71.8 Å². The third-order valence-electron chi connectivity index (χ3n) is 3.34. The summed E-state index contributed by atoms with van der Waals surface area (Å²) in [6.07, 6.45) is 3.25. The lowest BCUT2D eigenvalue weighted by molar-refractivity contribution is 0.0383. The number of ether oxygens (including phenoxy) is 1. The minimum atomic E-state index is -0.130. The van der Waals surface area contributed by atoms with E-state index in [0.717, 1.165) is 32.8 Å². The van der Waals surface area contributed by atoms with Crippen molar-refractivity contribution in [2.24, 2.45) is 0 Å². The van der Waals surface area contributed by atoms with Crippen LogP contribution in [0.2, 0.25) is 0 Å². The highest BCUT2D eigenvalue weighted by molar-refractivity contribution is 5.92. The predicted octanol–water partition coefficient (Wildman–Crippen LogP) is -0.209. The van der Waals surface area contributed by atoms with E-state index >= 15 is 0 Å². The third-order valence-corrected chi connectivity index (χ3v) is 3.34. The molecule has 7 nitrogen and oxygen atoms in total. The van der Waals surface area contributed by atoms with Crippen molar-refractivity contribution >= 4 is 11.6 Å². The van der Waals surface area contributed by atoms with Crippen molar-refractivity contribution in [3.05, 3.63) is 30.2 Å². The number of carbonyl (C=O) groups is 1. The monoisotopic (exact) mass is 275 g/mol. The largest absolute Gasteiger partial charge is 0.379 e. The molecular formula is C13H17N5O2. The maximum Gasteiger partial charge on any atom is 0.270 e. The van der Waals surface area contributed by atoms with E-state index in [-0.39, 0.29) is 5.91 Å². The number of amides is 1. The molecular weight excluding hydrogens is 258 g/mol. The number of hydrogen-bond acceptors (Lipinski definition) is 5. The number of carbonyl (C=O) groups excluding carboxylic acids is 1. The lowest BCUT2D eigenvalue weighted by Gasteiger charge is -2.26. The molecule has 2 aromatic heterocycles. The van der Waals surface area contributed by atoms with Crippen molar-refractivity contribution in [3.8, 4) is 0 Å². The van der Waals surface area contributed by atoms with Crippen LogP contribution in [0.15, 0.2) is 24.5 Å². The summed E-state index contributed by atoms with van der Waals surface area (Å²) >= 11 is 0. The van der Waals surface area contributed by atoms with Crippen LogP contribution in [-0.2, 0) is 4.74 Å². The summed E-state index contributed by atoms with van der Waals surface area (Å²) in [7, 11) is 0. The first kappa shape index (κ1) is 13.0. The van der Waals surface area contributed by atoms with Crippen LogP contribution in [0.25, 0.3) is 5.65 Å². The van der Waals surface area contributed by atoms with Crippen LogP contribution in [0.3, 0.4) is 0 Å². The lowest BCUT2D eigenvalue weighted by atomic mass is 10.3. The van der Waals surface area contributed by atoms with Crippen LogP contribution in [0.5, 0.6) is 0 Å². The van der Waals surface area contributed by atoms with E-state index in [9.17, 15) is 4.79 Å². The standard InChI is InChI=1S/C13H17N5O2/c19-13(15-5-6-17-7-9-20-10-8-17)11-1-3-14-12-2-4-16-18(11)12/h1-4H,5-10H2,(H,15,19). The Morgan fingerprint density at radius 3 is 3.00 bits per heavy atom. The molecule has 0 unspecified atom stereocenters. The molecule has 106 valence electrons. The van der Waals surface area contributed by atoms with Gasteiger partial charge in [-0.2, -0.15) is 5.10 Å². The molecule has 7 heteroatoms. The van der Waals surface area contributed by atoms with Crippen molar-refractivity contribution in [1.29, 1.82) is 0 Å². The molecule has 0 saturated carbocycles. The zero-order valence-corrected chi connectivity index (χ0v) is 11.2. The maximum atomic E-state index is 12.2. The number of aromatic nitrogens is 3. The molecule has 1 aliphatic heterocycles. The van der Waals surface area contributed by atoms with E-state index in [4.69, 9.17) is 4.74 Å². The molecule has 0 spiro atoms. The summed E-state index contributed by atoms with van der Waals surface area (Å²) in [6.45, 7) is 4.84.